The summed E-state index contributed by atoms with van der Waals surface area (Å²) in [5, 5.41) is 9.27. The van der Waals surface area contributed by atoms with Crippen LogP contribution in [-0.2, 0) is 9.53 Å². The molecule has 10 nitrogen and oxygen atoms in total. The minimum absolute atomic E-state index is 0.175. The molecular weight excluding hydrogens is 582 g/mol. The highest BCUT2D eigenvalue weighted by Gasteiger charge is 2.34. The Morgan fingerprint density at radius 1 is 1.02 bits per heavy atom. The molecule has 3 heterocycles. The summed E-state index contributed by atoms with van der Waals surface area (Å²) in [6.45, 7) is 9.82. The Kier molecular flexibility index (Phi) is 8.59. The smallest absolute Gasteiger partial charge is 0.338 e. The molecule has 0 saturated carbocycles. The molecule has 1 N–H and O–H groups in total. The lowest BCUT2D eigenvalue weighted by atomic mass is 9.95. The van der Waals surface area contributed by atoms with Crippen molar-refractivity contribution in [3.05, 3.63) is 108 Å². The maximum atomic E-state index is 14.1. The van der Waals surface area contributed by atoms with E-state index in [1.165, 1.54) is 15.9 Å². The number of methoxy groups -OCH3 is 1. The number of hydrogen-bond donors (Lipinski definition) is 1. The Labute approximate surface area is 257 Å². The van der Waals surface area contributed by atoms with Gasteiger partial charge in [-0.3, -0.25) is 9.36 Å². The molecule has 228 valence electrons. The number of esters is 1. The fourth-order valence-electron chi connectivity index (χ4n) is 5.46. The molecule has 0 fully saturated rings. The molecule has 5 rings (SSSR count). The molecule has 0 saturated heterocycles. The van der Waals surface area contributed by atoms with Crippen LogP contribution in [0.5, 0.6) is 11.5 Å². The number of carbonyl (C=O) groups excluding carboxylic acids is 1. The standard InChI is InChI=1S/C33H33N3O7S/c1-7-42-26-16-22(11-14-25(26)41-6)29-28(32(40)43-8-2)19(4)34-33-36(29)30(37)27(44-33)17-23-15-18(3)35(20(23)5)24-12-9-21(10-13-24)31(38)39/h9-17,29H,7-8H2,1-6H3,(H,38,39)/b27-17-/t29-/m0/s1. The highest BCUT2D eigenvalue weighted by Crippen LogP contribution is 2.36. The average molecular weight is 616 g/mol. The molecule has 1 aliphatic heterocycles. The van der Waals surface area contributed by atoms with Gasteiger partial charge in [0.25, 0.3) is 5.56 Å². The van der Waals surface area contributed by atoms with Gasteiger partial charge in [0.15, 0.2) is 16.3 Å². The van der Waals surface area contributed by atoms with Crippen molar-refractivity contribution in [2.45, 2.75) is 40.7 Å². The summed E-state index contributed by atoms with van der Waals surface area (Å²) in [6, 6.07) is 13.2. The van der Waals surface area contributed by atoms with Gasteiger partial charge in [0.1, 0.15) is 0 Å². The van der Waals surface area contributed by atoms with Crippen LogP contribution in [0, 0.1) is 13.8 Å². The van der Waals surface area contributed by atoms with Crippen LogP contribution >= 0.6 is 11.3 Å². The van der Waals surface area contributed by atoms with Gasteiger partial charge in [0, 0.05) is 17.1 Å². The summed E-state index contributed by atoms with van der Waals surface area (Å²) in [5.74, 6) is -0.498. The number of carboxylic acids is 1. The zero-order valence-electron chi connectivity index (χ0n) is 25.3. The third kappa shape index (κ3) is 5.46. The van der Waals surface area contributed by atoms with Gasteiger partial charge >= 0.3 is 11.9 Å². The lowest BCUT2D eigenvalue weighted by molar-refractivity contribution is -0.139. The van der Waals surface area contributed by atoms with Gasteiger partial charge < -0.3 is 23.9 Å². The predicted molar refractivity (Wildman–Crippen MR) is 167 cm³/mol. The van der Waals surface area contributed by atoms with E-state index < -0.39 is 18.0 Å². The topological polar surface area (TPSA) is 121 Å². The molecule has 4 aromatic rings. The summed E-state index contributed by atoms with van der Waals surface area (Å²) in [4.78, 5) is 43.8. The molecule has 1 aliphatic rings. The number of aromatic carboxylic acids is 1. The average Bonchev–Trinajstić information content (AvgIpc) is 3.45. The number of aromatic nitrogens is 2. The summed E-state index contributed by atoms with van der Waals surface area (Å²) in [6.07, 6.45) is 1.83. The second-order valence-electron chi connectivity index (χ2n) is 10.2. The van der Waals surface area contributed by atoms with Crippen LogP contribution < -0.4 is 24.4 Å². The van der Waals surface area contributed by atoms with E-state index in [9.17, 15) is 19.5 Å². The highest BCUT2D eigenvalue weighted by molar-refractivity contribution is 7.07. The Hall–Kier alpha value is -4.90. The Morgan fingerprint density at radius 2 is 1.75 bits per heavy atom. The van der Waals surface area contributed by atoms with Gasteiger partial charge in [-0.1, -0.05) is 17.4 Å². The highest BCUT2D eigenvalue weighted by atomic mass is 32.1. The fourth-order valence-corrected chi connectivity index (χ4v) is 6.50. The van der Waals surface area contributed by atoms with E-state index in [1.807, 2.05) is 43.5 Å². The maximum Gasteiger partial charge on any atom is 0.338 e. The summed E-state index contributed by atoms with van der Waals surface area (Å²) in [5.41, 5.74) is 4.76. The molecule has 0 spiro atoms. The number of nitrogens with zero attached hydrogens (tertiary/aromatic N) is 3. The van der Waals surface area contributed by atoms with Crippen LogP contribution in [0.4, 0.5) is 0 Å². The van der Waals surface area contributed by atoms with E-state index in [-0.39, 0.29) is 23.3 Å². The lowest BCUT2D eigenvalue weighted by Gasteiger charge is -2.25. The number of aryl methyl sites for hydroxylation is 1. The van der Waals surface area contributed by atoms with E-state index in [4.69, 9.17) is 14.2 Å². The zero-order chi connectivity index (χ0) is 31.7. The molecule has 44 heavy (non-hydrogen) atoms. The van der Waals surface area contributed by atoms with Gasteiger partial charge in [0.2, 0.25) is 0 Å². The molecule has 0 aliphatic carbocycles. The Bertz CT molecular complexity index is 1980. The van der Waals surface area contributed by atoms with E-state index in [0.29, 0.717) is 38.7 Å². The summed E-state index contributed by atoms with van der Waals surface area (Å²) < 4.78 is 20.7. The molecule has 0 radical (unpaired) electrons. The Morgan fingerprint density at radius 3 is 2.39 bits per heavy atom. The van der Waals surface area contributed by atoms with E-state index in [2.05, 4.69) is 4.99 Å². The van der Waals surface area contributed by atoms with Gasteiger partial charge in [-0.05, 0) is 94.3 Å². The second-order valence-corrected chi connectivity index (χ2v) is 11.2. The molecular formula is C33H33N3O7S. The third-order valence-electron chi connectivity index (χ3n) is 7.45. The number of carbonyl (C=O) groups is 2. The minimum atomic E-state index is -0.989. The number of carboxylic acid groups (broad SMARTS) is 1. The van der Waals surface area contributed by atoms with Crippen molar-refractivity contribution in [2.24, 2.45) is 4.99 Å². The minimum Gasteiger partial charge on any atom is -0.493 e. The van der Waals surface area contributed by atoms with E-state index >= 15 is 0 Å². The SMILES string of the molecule is CCOC(=O)C1=C(C)N=c2s/c(=C\c3cc(C)n(-c4ccc(C(=O)O)cc4)c3C)c(=O)n2[C@H]1c1ccc(OC)c(OCC)c1. The predicted octanol–water partition coefficient (Wildman–Crippen LogP) is 4.31. The summed E-state index contributed by atoms with van der Waals surface area (Å²) >= 11 is 1.24. The number of rotatable bonds is 9. The first-order chi connectivity index (χ1) is 21.1. The van der Waals surface area contributed by atoms with Gasteiger partial charge in [-0.15, -0.1) is 0 Å². The van der Waals surface area contributed by atoms with E-state index in [0.717, 1.165) is 22.6 Å². The lowest BCUT2D eigenvalue weighted by Crippen LogP contribution is -2.40. The third-order valence-corrected chi connectivity index (χ3v) is 8.43. The number of thiazole rings is 1. The van der Waals surface area contributed by atoms with Crippen molar-refractivity contribution in [2.75, 3.05) is 20.3 Å². The molecule has 0 amide bonds. The first kappa shape index (κ1) is 30.6. The van der Waals surface area contributed by atoms with Crippen LogP contribution in [0.25, 0.3) is 11.8 Å². The second kappa shape index (κ2) is 12.4. The number of fused-ring (bicyclic) bond motifs is 1. The van der Waals surface area contributed by atoms with Crippen molar-refractivity contribution in [1.29, 1.82) is 0 Å². The normalized spacial score (nSPS) is 14.7. The van der Waals surface area contributed by atoms with Crippen molar-refractivity contribution in [3.63, 3.8) is 0 Å². The maximum absolute atomic E-state index is 14.1. The Balaban J connectivity index is 1.67. The van der Waals surface area contributed by atoms with Crippen LogP contribution in [-0.4, -0.2) is 46.5 Å². The van der Waals surface area contributed by atoms with Crippen LogP contribution in [0.15, 0.2) is 69.6 Å². The number of ether oxygens (including phenoxy) is 3. The van der Waals surface area contributed by atoms with Gasteiger partial charge in [0.05, 0.1) is 47.7 Å². The van der Waals surface area contributed by atoms with Crippen molar-refractivity contribution in [1.82, 2.24) is 9.13 Å². The van der Waals surface area contributed by atoms with Crippen molar-refractivity contribution >= 4 is 29.4 Å². The first-order valence-electron chi connectivity index (χ1n) is 14.1. The molecule has 2 aromatic carbocycles. The quantitative estimate of drug-likeness (QED) is 0.279. The van der Waals surface area contributed by atoms with Crippen molar-refractivity contribution in [3.8, 4) is 17.2 Å². The molecule has 1 atom stereocenters. The summed E-state index contributed by atoms with van der Waals surface area (Å²) in [7, 11) is 1.55. The van der Waals surface area contributed by atoms with Crippen molar-refractivity contribution < 1.29 is 28.9 Å². The first-order valence-corrected chi connectivity index (χ1v) is 14.9. The number of benzene rings is 2. The van der Waals surface area contributed by atoms with Gasteiger partial charge in [-0.2, -0.15) is 0 Å². The fraction of sp³-hybridized carbons (Fsp3) is 0.273. The van der Waals surface area contributed by atoms with Crippen LogP contribution in [0.3, 0.4) is 0 Å². The molecule has 0 unspecified atom stereocenters. The largest absolute Gasteiger partial charge is 0.493 e. The number of hydrogen-bond acceptors (Lipinski definition) is 8. The van der Waals surface area contributed by atoms with Crippen LogP contribution in [0.1, 0.15) is 59.7 Å². The molecule has 2 aromatic heterocycles. The van der Waals surface area contributed by atoms with E-state index in [1.54, 1.807) is 57.4 Å². The van der Waals surface area contributed by atoms with Gasteiger partial charge in [-0.25, -0.2) is 14.6 Å². The zero-order valence-corrected chi connectivity index (χ0v) is 26.2. The molecule has 11 heteroatoms. The molecule has 0 bridgehead atoms. The van der Waals surface area contributed by atoms with Crippen LogP contribution in [0.2, 0.25) is 0 Å². The monoisotopic (exact) mass is 615 g/mol. The number of allylic oxidation sites excluding steroid dienone is 1.